The highest BCUT2D eigenvalue weighted by atomic mass is 14.5. The topological polar surface area (TPSA) is 26.0 Å². The highest BCUT2D eigenvalue weighted by Gasteiger charge is 1.51. The van der Waals surface area contributed by atoms with Crippen molar-refractivity contribution in [2.75, 3.05) is 0 Å². The fourth-order valence-corrected chi connectivity index (χ4v) is 0. The second kappa shape index (κ2) is 0.989. The summed E-state index contributed by atoms with van der Waals surface area (Å²) in [4.78, 5) is 0. The Labute approximate surface area is 26.9 Å². The minimum absolute atomic E-state index is 0.167. The molecule has 4 heavy (non-hydrogen) atoms. The van der Waals surface area contributed by atoms with Gasteiger partial charge in [-0.05, 0) is 0 Å². The summed E-state index contributed by atoms with van der Waals surface area (Å²) in [5.74, 6) is 0. The van der Waals surface area contributed by atoms with Gasteiger partial charge in [-0.15, -0.1) is 0 Å². The van der Waals surface area contributed by atoms with E-state index in [1.54, 1.807) is 0 Å². The van der Waals surface area contributed by atoms with Crippen molar-refractivity contribution in [2.45, 2.75) is 0 Å². The van der Waals surface area contributed by atoms with Gasteiger partial charge in [0.15, 0.2) is 0 Å². The lowest BCUT2D eigenvalue weighted by Gasteiger charge is -1.69. The zero-order valence-electron chi connectivity index (χ0n) is 2.36. The van der Waals surface area contributed by atoms with E-state index in [9.17, 15) is 0 Å². The maximum atomic E-state index is 4.69. The molecule has 20 valence electrons. The lowest BCUT2D eigenvalue weighted by Crippen LogP contribution is -1.89. The molecule has 2 N–H and O–H groups in total. The second-order valence-electron chi connectivity index (χ2n) is 0.575. The van der Waals surface area contributed by atoms with Crippen LogP contribution in [0.25, 0.3) is 0 Å². The van der Waals surface area contributed by atoms with Gasteiger partial charge in [0.2, 0.25) is 0 Å². The zero-order valence-corrected chi connectivity index (χ0v) is 2.36. The molecule has 0 amide bonds. The fourth-order valence-electron chi connectivity index (χ4n) is 0. The van der Waals surface area contributed by atoms with Crippen molar-refractivity contribution in [1.29, 1.82) is 0 Å². The van der Waals surface area contributed by atoms with E-state index in [1.807, 2.05) is 0 Å². The van der Waals surface area contributed by atoms with Crippen LogP contribution in [0, 0.1) is 0 Å². The highest BCUT2D eigenvalue weighted by Crippen LogP contribution is 1.48. The van der Waals surface area contributed by atoms with Crippen molar-refractivity contribution in [3.8, 4) is 0 Å². The first kappa shape index (κ1) is 3.60. The fraction of sp³-hybridized carbons (Fsp3) is 0. The normalized spacial score (nSPS) is 6.00. The van der Waals surface area contributed by atoms with Gasteiger partial charge >= 0.3 is 0 Å². The summed E-state index contributed by atoms with van der Waals surface area (Å²) in [6.45, 7) is 3.11. The van der Waals surface area contributed by atoms with Gasteiger partial charge in [0, 0.05) is 0 Å². The lowest BCUT2D eigenvalue weighted by molar-refractivity contribution is 1.57. The second-order valence-corrected chi connectivity index (χ2v) is 0.575. The lowest BCUT2D eigenvalue weighted by atomic mass is 10.1. The third-order valence-corrected chi connectivity index (χ3v) is 0. The van der Waals surface area contributed by atoms with Crippen molar-refractivity contribution in [3.05, 3.63) is 12.2 Å². The molecular weight excluding hydrogens is 48.8 g/mol. The first-order valence-corrected chi connectivity index (χ1v) is 0.931. The molecule has 0 spiro atoms. The molecule has 0 aromatic rings. The van der Waals surface area contributed by atoms with Gasteiger partial charge in [-0.2, -0.15) is 0 Å². The van der Waals surface area contributed by atoms with Crippen LogP contribution in [0.3, 0.4) is 0 Å². The Hall–Kier alpha value is -0.395. The SMILES string of the molecule is [B]C(=C)N. The summed E-state index contributed by atoms with van der Waals surface area (Å²) in [6.07, 6.45) is 0. The Balaban J connectivity index is 2.80. The summed E-state index contributed by atoms with van der Waals surface area (Å²) >= 11 is 0. The summed E-state index contributed by atoms with van der Waals surface area (Å²) < 4.78 is 0. The molecule has 0 atom stereocenters. The van der Waals surface area contributed by atoms with Crippen LogP contribution in [0.4, 0.5) is 0 Å². The van der Waals surface area contributed by atoms with Crippen LogP contribution in [0.2, 0.25) is 0 Å². The smallest absolute Gasteiger partial charge is 0.136 e. The molecule has 0 aromatic carbocycles. The Morgan fingerprint density at radius 1 is 2.00 bits per heavy atom. The Morgan fingerprint density at radius 3 is 2.00 bits per heavy atom. The molecule has 0 rings (SSSR count). The molecule has 2 heteroatoms. The molecule has 0 aliphatic heterocycles. The van der Waals surface area contributed by atoms with Crippen LogP contribution in [-0.2, 0) is 0 Å². The first-order valence-electron chi connectivity index (χ1n) is 0.931. The molecular formula is C2H4BN. The van der Waals surface area contributed by atoms with E-state index in [2.05, 4.69) is 6.58 Å². The van der Waals surface area contributed by atoms with E-state index < -0.39 is 0 Å². The minimum Gasteiger partial charge on any atom is -0.411 e. The Kier molecular flexibility index (Phi) is 0.891. The van der Waals surface area contributed by atoms with E-state index in [0.717, 1.165) is 0 Å². The molecule has 0 aromatic heterocycles. The summed E-state index contributed by atoms with van der Waals surface area (Å²) in [5.41, 5.74) is 4.86. The predicted molar refractivity (Wildman–Crippen MR) is 19.1 cm³/mol. The Bertz CT molecular complexity index is 29.0. The van der Waals surface area contributed by atoms with Gasteiger partial charge in [0.25, 0.3) is 0 Å². The van der Waals surface area contributed by atoms with E-state index in [0.29, 0.717) is 0 Å². The summed E-state index contributed by atoms with van der Waals surface area (Å²) in [7, 11) is 4.69. The Morgan fingerprint density at radius 2 is 2.00 bits per heavy atom. The van der Waals surface area contributed by atoms with Gasteiger partial charge in [-0.1, -0.05) is 12.2 Å². The molecule has 2 radical (unpaired) electrons. The monoisotopic (exact) mass is 53.0 g/mol. The third kappa shape index (κ3) is 3.76. The van der Waals surface area contributed by atoms with Crippen molar-refractivity contribution >= 4 is 7.85 Å². The highest BCUT2D eigenvalue weighted by molar-refractivity contribution is 6.20. The summed E-state index contributed by atoms with van der Waals surface area (Å²) in [6, 6.07) is 0. The first-order chi connectivity index (χ1) is 1.73. The van der Waals surface area contributed by atoms with E-state index in [4.69, 9.17) is 13.6 Å². The molecule has 1 nitrogen and oxygen atoms in total. The van der Waals surface area contributed by atoms with Gasteiger partial charge in [0.1, 0.15) is 7.85 Å². The van der Waals surface area contributed by atoms with Crippen LogP contribution in [0.15, 0.2) is 12.2 Å². The van der Waals surface area contributed by atoms with Crippen molar-refractivity contribution < 1.29 is 0 Å². The zero-order chi connectivity index (χ0) is 3.58. The third-order valence-electron chi connectivity index (χ3n) is 0. The number of hydrogen-bond donors (Lipinski definition) is 1. The van der Waals surface area contributed by atoms with Gasteiger partial charge in [-0.3, -0.25) is 0 Å². The quantitative estimate of drug-likeness (QED) is 0.373. The molecule has 0 bridgehead atoms. The average Bonchev–Trinajstić information content (AvgIpc) is 0.811. The average molecular weight is 52.9 g/mol. The van der Waals surface area contributed by atoms with Crippen LogP contribution in [0.5, 0.6) is 0 Å². The molecule has 0 heterocycles. The van der Waals surface area contributed by atoms with Crippen LogP contribution >= 0.6 is 0 Å². The summed E-state index contributed by atoms with van der Waals surface area (Å²) in [5, 5.41) is 0. The van der Waals surface area contributed by atoms with Crippen molar-refractivity contribution in [2.24, 2.45) is 5.73 Å². The van der Waals surface area contributed by atoms with Crippen molar-refractivity contribution in [1.82, 2.24) is 0 Å². The standard InChI is InChI=1S/C2H4BN/c1-2(3)4/h1,4H2. The number of hydrogen-bond acceptors (Lipinski definition) is 1. The maximum absolute atomic E-state index is 4.69. The minimum atomic E-state index is 0.167. The van der Waals surface area contributed by atoms with Gasteiger partial charge < -0.3 is 5.73 Å². The molecule has 0 saturated heterocycles. The molecule has 0 fully saturated rings. The van der Waals surface area contributed by atoms with Crippen molar-refractivity contribution in [3.63, 3.8) is 0 Å². The van der Waals surface area contributed by atoms with E-state index >= 15 is 0 Å². The van der Waals surface area contributed by atoms with Crippen LogP contribution in [-0.4, -0.2) is 7.85 Å². The number of nitrogens with two attached hydrogens (primary N) is 1. The number of rotatable bonds is 0. The molecule has 0 saturated carbocycles. The van der Waals surface area contributed by atoms with E-state index in [1.165, 1.54) is 0 Å². The molecule has 0 aliphatic rings. The molecule has 0 unspecified atom stereocenters. The van der Waals surface area contributed by atoms with Crippen LogP contribution < -0.4 is 5.73 Å². The maximum Gasteiger partial charge on any atom is 0.136 e. The predicted octanol–water partition coefficient (Wildman–Crippen LogP) is -0.415. The van der Waals surface area contributed by atoms with Crippen LogP contribution in [0.1, 0.15) is 0 Å². The van der Waals surface area contributed by atoms with Gasteiger partial charge in [0.05, 0.1) is 0 Å². The van der Waals surface area contributed by atoms with E-state index in [-0.39, 0.29) is 5.60 Å². The largest absolute Gasteiger partial charge is 0.411 e. The van der Waals surface area contributed by atoms with Gasteiger partial charge in [-0.25, -0.2) is 0 Å². The molecule has 0 aliphatic carbocycles.